The third-order valence-corrected chi connectivity index (χ3v) is 2.62. The van der Waals surface area contributed by atoms with Crippen molar-refractivity contribution in [3.8, 4) is 0 Å². The second kappa shape index (κ2) is 4.95. The first-order chi connectivity index (χ1) is 7.30. The molecule has 88 valence electrons. The monoisotopic (exact) mass is 287 g/mol. The van der Waals surface area contributed by atoms with Gasteiger partial charge in [0.2, 0.25) is 5.91 Å². The maximum atomic E-state index is 13.3. The minimum atomic E-state index is -0.456. The summed E-state index contributed by atoms with van der Waals surface area (Å²) in [6.07, 6.45) is 0. The van der Waals surface area contributed by atoms with Gasteiger partial charge in [-0.25, -0.2) is 4.39 Å². The Kier molecular flexibility index (Phi) is 4.08. The number of hydrogen-bond acceptors (Lipinski definition) is 1. The number of halogens is 2. The molecule has 0 saturated heterocycles. The van der Waals surface area contributed by atoms with Crippen LogP contribution in [0.15, 0.2) is 22.7 Å². The van der Waals surface area contributed by atoms with E-state index in [0.717, 1.165) is 4.47 Å². The molecule has 1 aromatic rings. The van der Waals surface area contributed by atoms with Gasteiger partial charge in [-0.2, -0.15) is 0 Å². The average molecular weight is 288 g/mol. The summed E-state index contributed by atoms with van der Waals surface area (Å²) < 4.78 is 14.1. The van der Waals surface area contributed by atoms with E-state index in [1.54, 1.807) is 12.1 Å². The van der Waals surface area contributed by atoms with Crippen molar-refractivity contribution in [1.29, 1.82) is 0 Å². The van der Waals surface area contributed by atoms with E-state index in [0.29, 0.717) is 5.56 Å². The van der Waals surface area contributed by atoms with E-state index >= 15 is 0 Å². The van der Waals surface area contributed by atoms with E-state index < -0.39 is 5.41 Å². The Morgan fingerprint density at radius 3 is 2.62 bits per heavy atom. The first kappa shape index (κ1) is 13.2. The summed E-state index contributed by atoms with van der Waals surface area (Å²) in [4.78, 5) is 11.6. The van der Waals surface area contributed by atoms with Crippen LogP contribution < -0.4 is 5.32 Å². The molecule has 0 heterocycles. The Bertz CT molecular complexity index is 398. The molecule has 0 fully saturated rings. The standard InChI is InChI=1S/C12H15BrFNO/c1-12(2,3)11(16)15-7-8-6-9(13)4-5-10(8)14/h4-6H,7H2,1-3H3,(H,15,16). The lowest BCUT2D eigenvalue weighted by Crippen LogP contribution is -2.34. The van der Waals surface area contributed by atoms with Crippen molar-refractivity contribution >= 4 is 21.8 Å². The summed E-state index contributed by atoms with van der Waals surface area (Å²) in [5, 5.41) is 2.71. The van der Waals surface area contributed by atoms with E-state index in [2.05, 4.69) is 21.2 Å². The van der Waals surface area contributed by atoms with E-state index in [1.165, 1.54) is 6.07 Å². The van der Waals surface area contributed by atoms with Gasteiger partial charge in [0.05, 0.1) is 0 Å². The van der Waals surface area contributed by atoms with Crippen molar-refractivity contribution in [2.45, 2.75) is 27.3 Å². The molecule has 0 aliphatic rings. The highest BCUT2D eigenvalue weighted by Crippen LogP contribution is 2.17. The Labute approximate surface area is 103 Å². The molecule has 0 spiro atoms. The van der Waals surface area contributed by atoms with Crippen molar-refractivity contribution in [2.24, 2.45) is 5.41 Å². The molecule has 0 saturated carbocycles. The normalized spacial score (nSPS) is 11.3. The molecular formula is C12H15BrFNO. The predicted octanol–water partition coefficient (Wildman–Crippen LogP) is 3.25. The van der Waals surface area contributed by atoms with Crippen LogP contribution in [0.3, 0.4) is 0 Å². The number of carbonyl (C=O) groups is 1. The molecule has 0 radical (unpaired) electrons. The molecule has 0 unspecified atom stereocenters. The molecular weight excluding hydrogens is 273 g/mol. The van der Waals surface area contributed by atoms with E-state index in [9.17, 15) is 9.18 Å². The SMILES string of the molecule is CC(C)(C)C(=O)NCc1cc(Br)ccc1F. The second-order valence-corrected chi connectivity index (χ2v) is 5.58. The molecule has 1 N–H and O–H groups in total. The summed E-state index contributed by atoms with van der Waals surface area (Å²) in [7, 11) is 0. The minimum Gasteiger partial charge on any atom is -0.351 e. The lowest BCUT2D eigenvalue weighted by molar-refractivity contribution is -0.128. The largest absolute Gasteiger partial charge is 0.351 e. The summed E-state index contributed by atoms with van der Waals surface area (Å²) >= 11 is 3.26. The highest BCUT2D eigenvalue weighted by molar-refractivity contribution is 9.10. The van der Waals surface area contributed by atoms with Crippen molar-refractivity contribution < 1.29 is 9.18 Å². The van der Waals surface area contributed by atoms with Gasteiger partial charge in [0.25, 0.3) is 0 Å². The number of nitrogens with one attached hydrogen (secondary N) is 1. The van der Waals surface area contributed by atoms with Crippen molar-refractivity contribution in [3.63, 3.8) is 0 Å². The van der Waals surface area contributed by atoms with Gasteiger partial charge in [-0.1, -0.05) is 36.7 Å². The third kappa shape index (κ3) is 3.59. The maximum absolute atomic E-state index is 13.3. The molecule has 4 heteroatoms. The number of benzene rings is 1. The molecule has 0 aliphatic heterocycles. The highest BCUT2D eigenvalue weighted by Gasteiger charge is 2.20. The molecule has 1 amide bonds. The van der Waals surface area contributed by atoms with Crippen molar-refractivity contribution in [3.05, 3.63) is 34.1 Å². The summed E-state index contributed by atoms with van der Waals surface area (Å²) in [5.74, 6) is -0.399. The highest BCUT2D eigenvalue weighted by atomic mass is 79.9. The Hall–Kier alpha value is -0.900. The zero-order valence-corrected chi connectivity index (χ0v) is 11.2. The van der Waals surface area contributed by atoms with E-state index in [4.69, 9.17) is 0 Å². The number of amides is 1. The van der Waals surface area contributed by atoms with Crippen molar-refractivity contribution in [2.75, 3.05) is 0 Å². The summed E-state index contributed by atoms with van der Waals surface area (Å²) in [6, 6.07) is 4.67. The van der Waals surface area contributed by atoms with Gasteiger partial charge in [-0.15, -0.1) is 0 Å². The van der Waals surface area contributed by atoms with Crippen LogP contribution in [0.4, 0.5) is 4.39 Å². The number of carbonyl (C=O) groups excluding carboxylic acids is 1. The summed E-state index contributed by atoms with van der Waals surface area (Å²) in [5.41, 5.74) is 0.0228. The first-order valence-electron chi connectivity index (χ1n) is 5.03. The molecule has 2 nitrogen and oxygen atoms in total. The van der Waals surface area contributed by atoms with Crippen LogP contribution in [0.25, 0.3) is 0 Å². The zero-order chi connectivity index (χ0) is 12.3. The molecule has 0 atom stereocenters. The lowest BCUT2D eigenvalue weighted by atomic mass is 9.95. The number of rotatable bonds is 2. The van der Waals surface area contributed by atoms with Crippen LogP contribution in [0.5, 0.6) is 0 Å². The fraction of sp³-hybridized carbons (Fsp3) is 0.417. The maximum Gasteiger partial charge on any atom is 0.225 e. The van der Waals surface area contributed by atoms with Gasteiger partial charge >= 0.3 is 0 Å². The van der Waals surface area contributed by atoms with Gasteiger partial charge < -0.3 is 5.32 Å². The summed E-state index contributed by atoms with van der Waals surface area (Å²) in [6.45, 7) is 5.67. The Balaban J connectivity index is 2.68. The lowest BCUT2D eigenvalue weighted by Gasteiger charge is -2.17. The molecule has 1 rings (SSSR count). The predicted molar refractivity (Wildman–Crippen MR) is 65.4 cm³/mol. The van der Waals surface area contributed by atoms with Crippen LogP contribution in [-0.4, -0.2) is 5.91 Å². The van der Waals surface area contributed by atoms with E-state index in [-0.39, 0.29) is 18.3 Å². The Morgan fingerprint density at radius 1 is 1.44 bits per heavy atom. The van der Waals surface area contributed by atoms with Crippen LogP contribution in [-0.2, 0) is 11.3 Å². The molecule has 0 aromatic heterocycles. The Morgan fingerprint density at radius 2 is 2.06 bits per heavy atom. The first-order valence-corrected chi connectivity index (χ1v) is 5.82. The second-order valence-electron chi connectivity index (χ2n) is 4.67. The van der Waals surface area contributed by atoms with Crippen LogP contribution in [0, 0.1) is 11.2 Å². The molecule has 16 heavy (non-hydrogen) atoms. The van der Waals surface area contributed by atoms with Gasteiger partial charge in [0.15, 0.2) is 0 Å². The van der Waals surface area contributed by atoms with Gasteiger partial charge in [-0.05, 0) is 18.2 Å². The third-order valence-electron chi connectivity index (χ3n) is 2.13. The van der Waals surface area contributed by atoms with Crippen LogP contribution >= 0.6 is 15.9 Å². The van der Waals surface area contributed by atoms with Crippen molar-refractivity contribution in [1.82, 2.24) is 5.32 Å². The smallest absolute Gasteiger partial charge is 0.225 e. The average Bonchev–Trinajstić information content (AvgIpc) is 2.17. The fourth-order valence-electron chi connectivity index (χ4n) is 1.12. The minimum absolute atomic E-state index is 0.0909. The topological polar surface area (TPSA) is 29.1 Å². The van der Waals surface area contributed by atoms with Crippen LogP contribution in [0.2, 0.25) is 0 Å². The molecule has 1 aromatic carbocycles. The van der Waals surface area contributed by atoms with Gasteiger partial charge in [-0.3, -0.25) is 4.79 Å². The van der Waals surface area contributed by atoms with Gasteiger partial charge in [0, 0.05) is 22.0 Å². The van der Waals surface area contributed by atoms with Crippen LogP contribution in [0.1, 0.15) is 26.3 Å². The molecule has 0 aliphatic carbocycles. The molecule has 0 bridgehead atoms. The number of hydrogen-bond donors (Lipinski definition) is 1. The fourth-order valence-corrected chi connectivity index (χ4v) is 1.53. The van der Waals surface area contributed by atoms with Gasteiger partial charge in [0.1, 0.15) is 5.82 Å². The zero-order valence-electron chi connectivity index (χ0n) is 9.60. The quantitative estimate of drug-likeness (QED) is 0.889. The van der Waals surface area contributed by atoms with E-state index in [1.807, 2.05) is 20.8 Å².